The number of esters is 1. The average molecular weight is 250 g/mol. The molecule has 3 nitrogen and oxygen atoms in total. The van der Waals surface area contributed by atoms with Crippen LogP contribution in [0.25, 0.3) is 0 Å². The van der Waals surface area contributed by atoms with Crippen molar-refractivity contribution < 1.29 is 9.53 Å². The first kappa shape index (κ1) is 14.1. The van der Waals surface area contributed by atoms with Crippen molar-refractivity contribution in [3.63, 3.8) is 0 Å². The lowest BCUT2D eigenvalue weighted by atomic mass is 10.1. The molecule has 0 aliphatic heterocycles. The number of halogens is 2. The minimum Gasteiger partial charge on any atom is -0.469 e. The van der Waals surface area contributed by atoms with E-state index in [1.165, 1.54) is 7.11 Å². The molecule has 0 saturated carbocycles. The fourth-order valence-corrected chi connectivity index (χ4v) is 1.31. The molecule has 0 aliphatic carbocycles. The van der Waals surface area contributed by atoms with E-state index in [-0.39, 0.29) is 18.4 Å². The molecule has 0 bridgehead atoms. The highest BCUT2D eigenvalue weighted by atomic mass is 35.5. The van der Waals surface area contributed by atoms with Gasteiger partial charge in [0.15, 0.2) is 0 Å². The number of hydrogen-bond acceptors (Lipinski definition) is 3. The second-order valence-electron chi connectivity index (χ2n) is 2.92. The molecular formula is C10H13Cl2NO2. The summed E-state index contributed by atoms with van der Waals surface area (Å²) >= 11 is 5.74. The van der Waals surface area contributed by atoms with Crippen LogP contribution in [0.2, 0.25) is 5.02 Å². The number of methoxy groups -OCH3 is 1. The van der Waals surface area contributed by atoms with Crippen molar-refractivity contribution in [1.29, 1.82) is 0 Å². The lowest BCUT2D eigenvalue weighted by molar-refractivity contribution is -0.140. The van der Waals surface area contributed by atoms with Crippen molar-refractivity contribution in [3.8, 4) is 0 Å². The molecule has 0 atom stereocenters. The molecule has 2 N–H and O–H groups in total. The van der Waals surface area contributed by atoms with Crippen molar-refractivity contribution in [3.05, 3.63) is 28.8 Å². The van der Waals surface area contributed by atoms with E-state index in [0.717, 1.165) is 5.56 Å². The molecule has 0 unspecified atom stereocenters. The fourth-order valence-electron chi connectivity index (χ4n) is 1.13. The molecule has 0 heterocycles. The van der Waals surface area contributed by atoms with Gasteiger partial charge in [0.25, 0.3) is 0 Å². The summed E-state index contributed by atoms with van der Waals surface area (Å²) in [6, 6.07) is 5.25. The third-order valence-electron chi connectivity index (χ3n) is 1.93. The van der Waals surface area contributed by atoms with Crippen LogP contribution in [0.3, 0.4) is 0 Å². The number of benzene rings is 1. The van der Waals surface area contributed by atoms with E-state index in [0.29, 0.717) is 23.6 Å². The topological polar surface area (TPSA) is 52.3 Å². The SMILES string of the molecule is COC(=O)CCc1ccc(Cl)cc1N.Cl. The Labute approximate surface area is 100.0 Å². The zero-order valence-electron chi connectivity index (χ0n) is 8.33. The molecule has 0 spiro atoms. The number of carbonyl (C=O) groups excluding carboxylic acids is 1. The second-order valence-corrected chi connectivity index (χ2v) is 3.36. The van der Waals surface area contributed by atoms with Gasteiger partial charge in [0.05, 0.1) is 7.11 Å². The Balaban J connectivity index is 0.00000196. The monoisotopic (exact) mass is 249 g/mol. The van der Waals surface area contributed by atoms with Crippen molar-refractivity contribution in [2.24, 2.45) is 0 Å². The Morgan fingerprint density at radius 1 is 1.53 bits per heavy atom. The zero-order chi connectivity index (χ0) is 10.6. The van der Waals surface area contributed by atoms with Gasteiger partial charge in [0, 0.05) is 17.1 Å². The lowest BCUT2D eigenvalue weighted by Gasteiger charge is -2.04. The number of carbonyl (C=O) groups is 1. The summed E-state index contributed by atoms with van der Waals surface area (Å²) in [5.74, 6) is -0.237. The van der Waals surface area contributed by atoms with E-state index in [1.807, 2.05) is 6.07 Å². The van der Waals surface area contributed by atoms with Gasteiger partial charge in [-0.05, 0) is 24.1 Å². The molecule has 1 aromatic rings. The Bertz CT molecular complexity index is 342. The number of aryl methyl sites for hydroxylation is 1. The van der Waals surface area contributed by atoms with Crippen molar-refractivity contribution in [2.75, 3.05) is 12.8 Å². The van der Waals surface area contributed by atoms with Gasteiger partial charge in [0.1, 0.15) is 0 Å². The van der Waals surface area contributed by atoms with E-state index in [2.05, 4.69) is 4.74 Å². The molecular weight excluding hydrogens is 237 g/mol. The average Bonchev–Trinajstić information content (AvgIpc) is 2.16. The van der Waals surface area contributed by atoms with E-state index >= 15 is 0 Å². The molecule has 1 aromatic carbocycles. The first-order valence-corrected chi connectivity index (χ1v) is 4.62. The number of hydrogen-bond donors (Lipinski definition) is 1. The Morgan fingerprint density at radius 3 is 2.73 bits per heavy atom. The summed E-state index contributed by atoms with van der Waals surface area (Å²) in [6.07, 6.45) is 0.915. The van der Waals surface area contributed by atoms with Gasteiger partial charge in [-0.15, -0.1) is 12.4 Å². The van der Waals surface area contributed by atoms with Crippen LogP contribution in [-0.2, 0) is 16.0 Å². The number of rotatable bonds is 3. The Kier molecular flexibility index (Phi) is 6.13. The van der Waals surface area contributed by atoms with E-state index in [1.54, 1.807) is 12.1 Å². The van der Waals surface area contributed by atoms with Crippen LogP contribution in [0.4, 0.5) is 5.69 Å². The first-order chi connectivity index (χ1) is 6.63. The van der Waals surface area contributed by atoms with E-state index in [4.69, 9.17) is 17.3 Å². The van der Waals surface area contributed by atoms with E-state index < -0.39 is 0 Å². The Hall–Kier alpha value is -0.930. The third kappa shape index (κ3) is 4.40. The van der Waals surface area contributed by atoms with Crippen LogP contribution in [0.15, 0.2) is 18.2 Å². The van der Waals surface area contributed by atoms with Crippen LogP contribution in [0, 0.1) is 0 Å². The number of ether oxygens (including phenoxy) is 1. The van der Waals surface area contributed by atoms with Crippen LogP contribution in [-0.4, -0.2) is 13.1 Å². The quantitative estimate of drug-likeness (QED) is 0.662. The minimum atomic E-state index is -0.237. The fraction of sp³-hybridized carbons (Fsp3) is 0.300. The summed E-state index contributed by atoms with van der Waals surface area (Å²) in [5.41, 5.74) is 7.24. The molecule has 0 amide bonds. The Morgan fingerprint density at radius 2 is 2.20 bits per heavy atom. The highest BCUT2D eigenvalue weighted by Crippen LogP contribution is 2.19. The van der Waals surface area contributed by atoms with Gasteiger partial charge >= 0.3 is 5.97 Å². The van der Waals surface area contributed by atoms with Crippen LogP contribution < -0.4 is 5.73 Å². The van der Waals surface area contributed by atoms with Crippen molar-refractivity contribution in [1.82, 2.24) is 0 Å². The van der Waals surface area contributed by atoms with Crippen LogP contribution in [0.1, 0.15) is 12.0 Å². The number of nitrogens with two attached hydrogens (primary N) is 1. The predicted molar refractivity (Wildman–Crippen MR) is 63.4 cm³/mol. The molecule has 0 aromatic heterocycles. The third-order valence-corrected chi connectivity index (χ3v) is 2.17. The first-order valence-electron chi connectivity index (χ1n) is 4.24. The molecule has 0 aliphatic rings. The van der Waals surface area contributed by atoms with Crippen molar-refractivity contribution in [2.45, 2.75) is 12.8 Å². The number of nitrogen functional groups attached to an aromatic ring is 1. The summed E-state index contributed by atoms with van der Waals surface area (Å²) in [7, 11) is 1.37. The van der Waals surface area contributed by atoms with Crippen LogP contribution >= 0.6 is 24.0 Å². The maximum absolute atomic E-state index is 10.9. The highest BCUT2D eigenvalue weighted by molar-refractivity contribution is 6.30. The maximum Gasteiger partial charge on any atom is 0.305 e. The normalized spacial score (nSPS) is 9.20. The summed E-state index contributed by atoms with van der Waals surface area (Å²) in [5, 5.41) is 0.601. The van der Waals surface area contributed by atoms with Crippen molar-refractivity contribution >= 4 is 35.7 Å². The largest absolute Gasteiger partial charge is 0.469 e. The standard InChI is InChI=1S/C10H12ClNO2.ClH/c1-14-10(13)5-3-7-2-4-8(11)6-9(7)12;/h2,4,6H,3,5,12H2,1H3;1H. The van der Waals surface area contributed by atoms with Gasteiger partial charge in [-0.3, -0.25) is 4.79 Å². The summed E-state index contributed by atoms with van der Waals surface area (Å²) in [6.45, 7) is 0. The smallest absolute Gasteiger partial charge is 0.305 e. The van der Waals surface area contributed by atoms with Gasteiger partial charge in [-0.2, -0.15) is 0 Å². The molecule has 84 valence electrons. The maximum atomic E-state index is 10.9. The van der Waals surface area contributed by atoms with Crippen LogP contribution in [0.5, 0.6) is 0 Å². The summed E-state index contributed by atoms with van der Waals surface area (Å²) in [4.78, 5) is 10.9. The van der Waals surface area contributed by atoms with Gasteiger partial charge in [0.2, 0.25) is 0 Å². The molecule has 5 heteroatoms. The lowest BCUT2D eigenvalue weighted by Crippen LogP contribution is -2.03. The molecule has 15 heavy (non-hydrogen) atoms. The van der Waals surface area contributed by atoms with Gasteiger partial charge in [-0.1, -0.05) is 17.7 Å². The number of anilines is 1. The zero-order valence-corrected chi connectivity index (χ0v) is 9.90. The second kappa shape index (κ2) is 6.53. The minimum absolute atomic E-state index is 0. The summed E-state index contributed by atoms with van der Waals surface area (Å²) < 4.78 is 4.53. The van der Waals surface area contributed by atoms with Gasteiger partial charge < -0.3 is 10.5 Å². The van der Waals surface area contributed by atoms with Gasteiger partial charge in [-0.25, -0.2) is 0 Å². The van der Waals surface area contributed by atoms with E-state index in [9.17, 15) is 4.79 Å². The highest BCUT2D eigenvalue weighted by Gasteiger charge is 2.04. The molecule has 0 fully saturated rings. The molecule has 0 saturated heterocycles. The molecule has 0 radical (unpaired) electrons. The molecule has 1 rings (SSSR count). The predicted octanol–water partition coefficient (Wildman–Crippen LogP) is 2.45.